The summed E-state index contributed by atoms with van der Waals surface area (Å²) in [5.41, 5.74) is 2.05. The highest BCUT2D eigenvalue weighted by Gasteiger charge is 2.40. The molecule has 0 bridgehead atoms. The third-order valence-electron chi connectivity index (χ3n) is 5.52. The number of imide groups is 1. The number of hydrogen-bond acceptors (Lipinski definition) is 5. The van der Waals surface area contributed by atoms with Crippen molar-refractivity contribution >= 4 is 46.8 Å². The Morgan fingerprint density at radius 2 is 2.00 bits per heavy atom. The molecule has 162 valence electrons. The maximum absolute atomic E-state index is 12.8. The van der Waals surface area contributed by atoms with Crippen molar-refractivity contribution in [1.82, 2.24) is 15.5 Å². The number of rotatable bonds is 4. The van der Waals surface area contributed by atoms with Gasteiger partial charge in [-0.2, -0.15) is 5.26 Å². The molecule has 4 rings (SSSR count). The number of amides is 4. The largest absolute Gasteiger partial charge is 0.348 e. The Labute approximate surface area is 193 Å². The van der Waals surface area contributed by atoms with E-state index in [1.165, 1.54) is 23.1 Å². The first kappa shape index (κ1) is 21.8. The molecule has 1 fully saturated rings. The predicted octanol–water partition coefficient (Wildman–Crippen LogP) is 2.56. The molecule has 0 aliphatic carbocycles. The van der Waals surface area contributed by atoms with Gasteiger partial charge in [-0.05, 0) is 36.2 Å². The first-order chi connectivity index (χ1) is 15.3. The Bertz CT molecular complexity index is 1220. The van der Waals surface area contributed by atoms with Crippen LogP contribution < -0.4 is 10.6 Å². The van der Waals surface area contributed by atoms with E-state index in [4.69, 9.17) is 28.5 Å². The van der Waals surface area contributed by atoms with Crippen LogP contribution in [-0.2, 0) is 22.7 Å². The fourth-order valence-corrected chi connectivity index (χ4v) is 4.27. The standard InChI is InChI=1S/C22H16Cl2N4O4/c23-16-4-2-11(7-13(16)8-25)20(30)26-9-12-1-3-14-15(19(12)24)10-28(22(14)32)17-5-6-18(29)27-21(17)31/h1-4,7,17H,5-6,9-10H2,(H,26,30)(H,27,29,31). The van der Waals surface area contributed by atoms with E-state index in [-0.39, 0.29) is 53.9 Å². The number of fused-ring (bicyclic) bond motifs is 1. The minimum atomic E-state index is -0.731. The number of nitrogens with zero attached hydrogens (tertiary/aromatic N) is 2. The molecule has 2 aliphatic rings. The summed E-state index contributed by atoms with van der Waals surface area (Å²) in [6.45, 7) is 0.242. The molecular weight excluding hydrogens is 455 g/mol. The maximum atomic E-state index is 12.8. The molecule has 0 aromatic heterocycles. The molecule has 8 nitrogen and oxygen atoms in total. The summed E-state index contributed by atoms with van der Waals surface area (Å²) >= 11 is 12.4. The van der Waals surface area contributed by atoms with Crippen molar-refractivity contribution in [2.24, 2.45) is 0 Å². The van der Waals surface area contributed by atoms with E-state index in [0.717, 1.165) is 0 Å². The molecule has 0 spiro atoms. The van der Waals surface area contributed by atoms with Crippen molar-refractivity contribution in [1.29, 1.82) is 5.26 Å². The van der Waals surface area contributed by atoms with Crippen LogP contribution in [0, 0.1) is 11.3 Å². The topological polar surface area (TPSA) is 119 Å². The van der Waals surface area contributed by atoms with Gasteiger partial charge in [0, 0.05) is 36.2 Å². The minimum Gasteiger partial charge on any atom is -0.348 e. The fourth-order valence-electron chi connectivity index (χ4n) is 3.82. The molecule has 1 atom stereocenters. The molecule has 2 aromatic carbocycles. The highest BCUT2D eigenvalue weighted by molar-refractivity contribution is 6.33. The summed E-state index contributed by atoms with van der Waals surface area (Å²) in [5.74, 6) is -1.58. The van der Waals surface area contributed by atoms with Crippen molar-refractivity contribution in [3.8, 4) is 6.07 Å². The first-order valence-corrected chi connectivity index (χ1v) is 10.5. The molecular formula is C22H16Cl2N4O4. The van der Waals surface area contributed by atoms with Crippen molar-refractivity contribution in [3.63, 3.8) is 0 Å². The number of carbonyl (C=O) groups excluding carboxylic acids is 4. The molecule has 2 heterocycles. The van der Waals surface area contributed by atoms with Crippen molar-refractivity contribution in [2.75, 3.05) is 0 Å². The highest BCUT2D eigenvalue weighted by Crippen LogP contribution is 2.34. The van der Waals surface area contributed by atoms with E-state index in [2.05, 4.69) is 10.6 Å². The molecule has 1 unspecified atom stereocenters. The lowest BCUT2D eigenvalue weighted by molar-refractivity contribution is -0.136. The number of benzene rings is 2. The molecule has 2 N–H and O–H groups in total. The number of carbonyl (C=O) groups is 4. The molecule has 2 aromatic rings. The monoisotopic (exact) mass is 470 g/mol. The Morgan fingerprint density at radius 1 is 1.22 bits per heavy atom. The van der Waals surface area contributed by atoms with Gasteiger partial charge in [-0.3, -0.25) is 24.5 Å². The van der Waals surface area contributed by atoms with Gasteiger partial charge in [0.25, 0.3) is 11.8 Å². The van der Waals surface area contributed by atoms with Crippen LogP contribution in [0.1, 0.15) is 50.2 Å². The third kappa shape index (κ3) is 3.93. The summed E-state index contributed by atoms with van der Waals surface area (Å²) in [7, 11) is 0. The summed E-state index contributed by atoms with van der Waals surface area (Å²) in [6.07, 6.45) is 0.427. The molecule has 4 amide bonds. The number of nitriles is 1. The SMILES string of the molecule is N#Cc1cc(C(=O)NCc2ccc3c(c2Cl)CN(C2CCC(=O)NC2=O)C3=O)ccc1Cl. The zero-order valence-electron chi connectivity index (χ0n) is 16.6. The van der Waals surface area contributed by atoms with Crippen LogP contribution in [0.5, 0.6) is 0 Å². The van der Waals surface area contributed by atoms with Gasteiger partial charge in [-0.15, -0.1) is 0 Å². The summed E-state index contributed by atoms with van der Waals surface area (Å²) in [6, 6.07) is 8.86. The van der Waals surface area contributed by atoms with Gasteiger partial charge in [-0.1, -0.05) is 29.3 Å². The first-order valence-electron chi connectivity index (χ1n) is 9.73. The number of nitrogens with one attached hydrogen (secondary N) is 2. The average Bonchev–Trinajstić information content (AvgIpc) is 3.10. The lowest BCUT2D eigenvalue weighted by atomic mass is 10.0. The summed E-state index contributed by atoms with van der Waals surface area (Å²) in [5, 5.41) is 14.7. The zero-order valence-corrected chi connectivity index (χ0v) is 18.1. The minimum absolute atomic E-state index is 0.0993. The van der Waals surface area contributed by atoms with E-state index in [1.807, 2.05) is 6.07 Å². The fraction of sp³-hybridized carbons (Fsp3) is 0.227. The molecule has 1 saturated heterocycles. The second-order valence-electron chi connectivity index (χ2n) is 7.45. The number of halogens is 2. The maximum Gasteiger partial charge on any atom is 0.255 e. The van der Waals surface area contributed by atoms with Crippen LogP contribution in [0.2, 0.25) is 10.0 Å². The van der Waals surface area contributed by atoms with Crippen molar-refractivity contribution < 1.29 is 19.2 Å². The van der Waals surface area contributed by atoms with Crippen LogP contribution in [0.25, 0.3) is 0 Å². The summed E-state index contributed by atoms with van der Waals surface area (Å²) < 4.78 is 0. The van der Waals surface area contributed by atoms with E-state index >= 15 is 0 Å². The van der Waals surface area contributed by atoms with Crippen LogP contribution >= 0.6 is 23.2 Å². The second kappa shape index (κ2) is 8.61. The molecule has 2 aliphatic heterocycles. The Balaban J connectivity index is 1.49. The van der Waals surface area contributed by atoms with E-state index in [0.29, 0.717) is 21.7 Å². The molecule has 0 saturated carbocycles. The van der Waals surface area contributed by atoms with Gasteiger partial charge in [0.2, 0.25) is 11.8 Å². The van der Waals surface area contributed by atoms with Crippen molar-refractivity contribution in [3.05, 3.63) is 68.2 Å². The van der Waals surface area contributed by atoms with Crippen LogP contribution in [0.15, 0.2) is 30.3 Å². The van der Waals surface area contributed by atoms with Gasteiger partial charge in [-0.25, -0.2) is 0 Å². The third-order valence-corrected chi connectivity index (χ3v) is 6.32. The predicted molar refractivity (Wildman–Crippen MR) is 115 cm³/mol. The Hall–Kier alpha value is -3.41. The zero-order chi connectivity index (χ0) is 23.0. The van der Waals surface area contributed by atoms with Gasteiger partial charge >= 0.3 is 0 Å². The molecule has 10 heteroatoms. The molecule has 32 heavy (non-hydrogen) atoms. The Morgan fingerprint density at radius 3 is 2.72 bits per heavy atom. The normalized spacial score (nSPS) is 17.6. The van der Waals surface area contributed by atoms with Crippen LogP contribution in [0.4, 0.5) is 0 Å². The van der Waals surface area contributed by atoms with E-state index in [1.54, 1.807) is 12.1 Å². The summed E-state index contributed by atoms with van der Waals surface area (Å²) in [4.78, 5) is 50.3. The van der Waals surface area contributed by atoms with E-state index < -0.39 is 17.9 Å². The van der Waals surface area contributed by atoms with Crippen molar-refractivity contribution in [2.45, 2.75) is 32.0 Å². The lowest BCUT2D eigenvalue weighted by Gasteiger charge is -2.29. The van der Waals surface area contributed by atoms with Gasteiger partial charge in [0.1, 0.15) is 12.1 Å². The van der Waals surface area contributed by atoms with Gasteiger partial charge in [0.05, 0.1) is 15.6 Å². The van der Waals surface area contributed by atoms with Gasteiger partial charge < -0.3 is 10.2 Å². The van der Waals surface area contributed by atoms with Gasteiger partial charge in [0.15, 0.2) is 0 Å². The quantitative estimate of drug-likeness (QED) is 0.665. The second-order valence-corrected chi connectivity index (χ2v) is 8.24. The molecule has 0 radical (unpaired) electrons. The Kier molecular flexibility index (Phi) is 5.87. The highest BCUT2D eigenvalue weighted by atomic mass is 35.5. The average molecular weight is 471 g/mol. The number of piperidine rings is 1. The lowest BCUT2D eigenvalue weighted by Crippen LogP contribution is -2.52. The van der Waals surface area contributed by atoms with Crippen LogP contribution in [-0.4, -0.2) is 34.6 Å². The smallest absolute Gasteiger partial charge is 0.255 e. The van der Waals surface area contributed by atoms with Crippen LogP contribution in [0.3, 0.4) is 0 Å². The van der Waals surface area contributed by atoms with E-state index in [9.17, 15) is 19.2 Å². The number of hydrogen-bond donors (Lipinski definition) is 2.